The van der Waals surface area contributed by atoms with Gasteiger partial charge in [-0.3, -0.25) is 9.78 Å². The van der Waals surface area contributed by atoms with E-state index in [0.29, 0.717) is 11.1 Å². The second-order valence-electron chi connectivity index (χ2n) is 5.93. The van der Waals surface area contributed by atoms with Gasteiger partial charge in [-0.1, -0.05) is 24.1 Å². The molecule has 3 rings (SSSR count). The number of carbonyl (C=O) groups excluding carboxylic acids is 1. The van der Waals surface area contributed by atoms with Crippen molar-refractivity contribution in [1.29, 1.82) is 0 Å². The summed E-state index contributed by atoms with van der Waals surface area (Å²) < 4.78 is 17.5. The van der Waals surface area contributed by atoms with Gasteiger partial charge in [-0.15, -0.1) is 0 Å². The van der Waals surface area contributed by atoms with Crippen molar-refractivity contribution in [3.05, 3.63) is 65.2 Å². The van der Waals surface area contributed by atoms with Crippen molar-refractivity contribution in [3.63, 3.8) is 0 Å². The van der Waals surface area contributed by atoms with E-state index in [1.807, 2.05) is 31.4 Å². The molecule has 0 bridgehead atoms. The van der Waals surface area contributed by atoms with Crippen molar-refractivity contribution in [2.24, 2.45) is 0 Å². The Bertz CT molecular complexity index is 963. The summed E-state index contributed by atoms with van der Waals surface area (Å²) in [6.45, 7) is 3.64. The highest BCUT2D eigenvalue weighted by atomic mass is 32.2. The van der Waals surface area contributed by atoms with E-state index >= 15 is 0 Å². The summed E-state index contributed by atoms with van der Waals surface area (Å²) >= 11 is 1.40. The molecule has 0 aliphatic carbocycles. The number of aryl methyl sites for hydroxylation is 1. The number of benzene rings is 2. The summed E-state index contributed by atoms with van der Waals surface area (Å²) in [5, 5.41) is 2.79. The van der Waals surface area contributed by atoms with Crippen molar-refractivity contribution in [2.75, 3.05) is 11.0 Å². The first kappa shape index (κ1) is 18.1. The quantitative estimate of drug-likeness (QED) is 0.657. The SMILES string of the molecule is CSNc1cc(F)c(C(C)NC(=O)c2cnc3ccccc3n2)cc1C. The zero-order valence-electron chi connectivity index (χ0n) is 14.7. The number of hydrogen-bond acceptors (Lipinski definition) is 5. The molecular weight excluding hydrogens is 351 g/mol. The average molecular weight is 370 g/mol. The Labute approximate surface area is 155 Å². The van der Waals surface area contributed by atoms with E-state index in [0.717, 1.165) is 16.8 Å². The van der Waals surface area contributed by atoms with Crippen LogP contribution in [0.3, 0.4) is 0 Å². The summed E-state index contributed by atoms with van der Waals surface area (Å²) in [5.74, 6) is -0.760. The summed E-state index contributed by atoms with van der Waals surface area (Å²) in [5.41, 5.74) is 3.61. The van der Waals surface area contributed by atoms with Crippen LogP contribution in [0.5, 0.6) is 0 Å². The molecule has 0 spiro atoms. The summed E-state index contributed by atoms with van der Waals surface area (Å²) in [6, 6.07) is 10.0. The molecule has 26 heavy (non-hydrogen) atoms. The van der Waals surface area contributed by atoms with E-state index in [9.17, 15) is 9.18 Å². The molecule has 3 aromatic rings. The first-order valence-corrected chi connectivity index (χ1v) is 9.33. The standard InChI is InChI=1S/C19H19FN4OS/c1-11-8-13(14(20)9-17(11)24-26-3)12(2)22-19(25)18-10-21-15-6-4-5-7-16(15)23-18/h4-10,12,24H,1-3H3,(H,22,25). The number of nitrogens with zero attached hydrogens (tertiary/aromatic N) is 2. The molecular formula is C19H19FN4OS. The lowest BCUT2D eigenvalue weighted by atomic mass is 10.0. The molecule has 5 nitrogen and oxygen atoms in total. The van der Waals surface area contributed by atoms with Gasteiger partial charge in [0.05, 0.1) is 23.3 Å². The second kappa shape index (κ2) is 7.70. The van der Waals surface area contributed by atoms with Gasteiger partial charge in [0.2, 0.25) is 0 Å². The first-order valence-electron chi connectivity index (χ1n) is 8.11. The lowest BCUT2D eigenvalue weighted by Crippen LogP contribution is -2.28. The summed E-state index contributed by atoms with van der Waals surface area (Å²) in [7, 11) is 0. The van der Waals surface area contributed by atoms with Gasteiger partial charge < -0.3 is 10.0 Å². The van der Waals surface area contributed by atoms with Crippen molar-refractivity contribution in [1.82, 2.24) is 15.3 Å². The third-order valence-corrected chi connectivity index (χ3v) is 4.48. The van der Waals surface area contributed by atoms with E-state index < -0.39 is 6.04 Å². The van der Waals surface area contributed by atoms with E-state index in [1.54, 1.807) is 19.1 Å². The predicted octanol–water partition coefficient (Wildman–Crippen LogP) is 4.26. The van der Waals surface area contributed by atoms with Gasteiger partial charge in [-0.2, -0.15) is 0 Å². The fraction of sp³-hybridized carbons (Fsp3) is 0.211. The second-order valence-corrected chi connectivity index (χ2v) is 6.55. The minimum atomic E-state index is -0.502. The molecule has 0 aliphatic heterocycles. The Morgan fingerprint density at radius 1 is 1.23 bits per heavy atom. The molecule has 2 aromatic carbocycles. The highest BCUT2D eigenvalue weighted by Gasteiger charge is 2.18. The molecule has 1 unspecified atom stereocenters. The average Bonchev–Trinajstić information content (AvgIpc) is 2.64. The van der Waals surface area contributed by atoms with Crippen LogP contribution in [0, 0.1) is 12.7 Å². The number of amides is 1. The highest BCUT2D eigenvalue weighted by Crippen LogP contribution is 2.26. The molecule has 134 valence electrons. The summed E-state index contributed by atoms with van der Waals surface area (Å²) in [4.78, 5) is 21.0. The maximum Gasteiger partial charge on any atom is 0.271 e. The van der Waals surface area contributed by atoms with Crippen LogP contribution < -0.4 is 10.0 Å². The molecule has 0 fully saturated rings. The number of para-hydroxylation sites is 2. The van der Waals surface area contributed by atoms with Gasteiger partial charge in [0.15, 0.2) is 0 Å². The number of hydrogen-bond donors (Lipinski definition) is 2. The van der Waals surface area contributed by atoms with Crippen molar-refractivity contribution in [3.8, 4) is 0 Å². The molecule has 1 aromatic heterocycles. The maximum absolute atomic E-state index is 14.4. The number of anilines is 1. The molecule has 0 aliphatic rings. The molecule has 0 saturated heterocycles. The molecule has 1 atom stereocenters. The monoisotopic (exact) mass is 370 g/mol. The number of rotatable bonds is 5. The highest BCUT2D eigenvalue weighted by molar-refractivity contribution is 7.99. The Hall–Kier alpha value is -2.67. The fourth-order valence-corrected chi connectivity index (χ4v) is 3.11. The minimum Gasteiger partial charge on any atom is -0.344 e. The molecule has 2 N–H and O–H groups in total. The number of aromatic nitrogens is 2. The van der Waals surface area contributed by atoms with Crippen molar-refractivity contribution < 1.29 is 9.18 Å². The molecule has 7 heteroatoms. The van der Waals surface area contributed by atoms with E-state index in [4.69, 9.17) is 0 Å². The molecule has 0 saturated carbocycles. The molecule has 0 radical (unpaired) electrons. The van der Waals surface area contributed by atoms with Crippen LogP contribution in [-0.4, -0.2) is 22.1 Å². The van der Waals surface area contributed by atoms with Crippen LogP contribution in [0.4, 0.5) is 10.1 Å². The lowest BCUT2D eigenvalue weighted by Gasteiger charge is -2.17. The van der Waals surface area contributed by atoms with Gasteiger partial charge >= 0.3 is 0 Å². The number of nitrogens with one attached hydrogen (secondary N) is 2. The Balaban J connectivity index is 1.81. The smallest absolute Gasteiger partial charge is 0.271 e. The van der Waals surface area contributed by atoms with Gasteiger partial charge in [-0.05, 0) is 43.7 Å². The van der Waals surface area contributed by atoms with Crippen molar-refractivity contribution in [2.45, 2.75) is 19.9 Å². The molecule has 1 amide bonds. The van der Waals surface area contributed by atoms with E-state index in [-0.39, 0.29) is 17.4 Å². The van der Waals surface area contributed by atoms with E-state index in [2.05, 4.69) is 20.0 Å². The van der Waals surface area contributed by atoms with Crippen LogP contribution in [0.25, 0.3) is 11.0 Å². The normalized spacial score (nSPS) is 12.0. The zero-order valence-corrected chi connectivity index (χ0v) is 15.5. The van der Waals surface area contributed by atoms with Gasteiger partial charge in [0.1, 0.15) is 11.5 Å². The van der Waals surface area contributed by atoms with Crippen LogP contribution in [0.1, 0.15) is 34.6 Å². The topological polar surface area (TPSA) is 66.9 Å². The summed E-state index contributed by atoms with van der Waals surface area (Å²) in [6.07, 6.45) is 3.30. The molecule has 1 heterocycles. The van der Waals surface area contributed by atoms with Gasteiger partial charge in [0.25, 0.3) is 5.91 Å². The van der Waals surface area contributed by atoms with Crippen LogP contribution in [0.15, 0.2) is 42.6 Å². The predicted molar refractivity (Wildman–Crippen MR) is 104 cm³/mol. The number of fused-ring (bicyclic) bond motifs is 1. The van der Waals surface area contributed by atoms with Crippen molar-refractivity contribution >= 4 is 34.6 Å². The Morgan fingerprint density at radius 3 is 2.69 bits per heavy atom. The Kier molecular flexibility index (Phi) is 5.37. The lowest BCUT2D eigenvalue weighted by molar-refractivity contribution is 0.0934. The van der Waals surface area contributed by atoms with E-state index in [1.165, 1.54) is 24.2 Å². The number of carbonyl (C=O) groups is 1. The van der Waals surface area contributed by atoms with Crippen LogP contribution in [-0.2, 0) is 0 Å². The minimum absolute atomic E-state index is 0.202. The zero-order chi connectivity index (χ0) is 18.7. The maximum atomic E-state index is 14.4. The Morgan fingerprint density at radius 2 is 1.96 bits per heavy atom. The number of halogens is 1. The first-order chi connectivity index (χ1) is 12.5. The van der Waals surface area contributed by atoms with Crippen LogP contribution >= 0.6 is 11.9 Å². The van der Waals surface area contributed by atoms with Gasteiger partial charge in [-0.25, -0.2) is 9.37 Å². The largest absolute Gasteiger partial charge is 0.344 e. The van der Waals surface area contributed by atoms with Crippen LogP contribution in [0.2, 0.25) is 0 Å². The third-order valence-electron chi connectivity index (χ3n) is 4.05. The third kappa shape index (κ3) is 3.77. The fourth-order valence-electron chi connectivity index (χ4n) is 2.67. The van der Waals surface area contributed by atoms with Gasteiger partial charge in [0, 0.05) is 17.5 Å².